The zero-order chi connectivity index (χ0) is 15.4. The summed E-state index contributed by atoms with van der Waals surface area (Å²) < 4.78 is 14.8. The molecule has 0 amide bonds. The van der Waals surface area contributed by atoms with Gasteiger partial charge < -0.3 is 0 Å². The van der Waals surface area contributed by atoms with Crippen LogP contribution >= 0.6 is 11.3 Å². The second-order valence-corrected chi connectivity index (χ2v) is 5.68. The van der Waals surface area contributed by atoms with E-state index in [1.54, 1.807) is 18.2 Å². The molecule has 1 heterocycles. The fourth-order valence-electron chi connectivity index (χ4n) is 1.89. The number of rotatable bonds is 4. The van der Waals surface area contributed by atoms with Crippen molar-refractivity contribution in [2.45, 2.75) is 6.92 Å². The second-order valence-electron chi connectivity index (χ2n) is 4.60. The predicted molar refractivity (Wildman–Crippen MR) is 93.5 cm³/mol. The quantitative estimate of drug-likeness (QED) is 0.599. The van der Waals surface area contributed by atoms with E-state index in [1.165, 1.54) is 17.4 Å². The molecular formula is C17H13B2FS. The molecule has 0 nitrogen and oxygen atoms in total. The molecule has 2 aromatic rings. The fourth-order valence-corrected chi connectivity index (χ4v) is 2.76. The second kappa shape index (κ2) is 6.77. The molecule has 100 valence electrons. The first-order chi connectivity index (χ1) is 10.0. The Morgan fingerprint density at radius 3 is 2.57 bits per heavy atom. The van der Waals surface area contributed by atoms with Gasteiger partial charge in [0, 0.05) is 10.4 Å². The maximum atomic E-state index is 14.3. The summed E-state index contributed by atoms with van der Waals surface area (Å²) in [5, 5.41) is 0. The van der Waals surface area contributed by atoms with Gasteiger partial charge in [0.2, 0.25) is 0 Å². The Morgan fingerprint density at radius 2 is 2.00 bits per heavy atom. The zero-order valence-electron chi connectivity index (χ0n) is 11.8. The number of benzene rings is 1. The van der Waals surface area contributed by atoms with Crippen molar-refractivity contribution in [1.29, 1.82) is 0 Å². The lowest BCUT2D eigenvalue weighted by Crippen LogP contribution is -2.18. The lowest BCUT2D eigenvalue weighted by Gasteiger charge is -2.05. The van der Waals surface area contributed by atoms with Crippen LogP contribution in [0, 0.1) is 5.82 Å². The molecule has 4 radical (unpaired) electrons. The Balaban J connectivity index is 2.35. The van der Waals surface area contributed by atoms with Crippen LogP contribution in [0.4, 0.5) is 4.39 Å². The van der Waals surface area contributed by atoms with Crippen molar-refractivity contribution in [3.8, 4) is 10.4 Å². The third-order valence-corrected chi connectivity index (χ3v) is 4.09. The molecule has 0 fully saturated rings. The Morgan fingerprint density at radius 1 is 1.24 bits per heavy atom. The van der Waals surface area contributed by atoms with Gasteiger partial charge in [-0.15, -0.1) is 0 Å². The smallest absolute Gasteiger partial charge is 0.132 e. The van der Waals surface area contributed by atoms with Crippen LogP contribution in [0.25, 0.3) is 16.0 Å². The molecule has 2 rings (SSSR count). The molecule has 0 aliphatic carbocycles. The van der Waals surface area contributed by atoms with E-state index in [2.05, 4.69) is 6.58 Å². The molecule has 0 unspecified atom stereocenters. The minimum atomic E-state index is -0.283. The number of hydrogen-bond donors (Lipinski definition) is 0. The van der Waals surface area contributed by atoms with E-state index in [4.69, 9.17) is 15.7 Å². The minimum Gasteiger partial charge on any atom is -0.206 e. The number of halogens is 1. The molecular weight excluding hydrogens is 277 g/mol. The van der Waals surface area contributed by atoms with Crippen LogP contribution in [0.5, 0.6) is 0 Å². The zero-order valence-corrected chi connectivity index (χ0v) is 12.6. The van der Waals surface area contributed by atoms with Crippen LogP contribution in [0.2, 0.25) is 0 Å². The number of hydrogen-bond acceptors (Lipinski definition) is 1. The Bertz CT molecular complexity index is 707. The van der Waals surface area contributed by atoms with Crippen LogP contribution in [0.3, 0.4) is 0 Å². The summed E-state index contributed by atoms with van der Waals surface area (Å²) in [6.45, 7) is 5.54. The molecule has 0 saturated heterocycles. The molecule has 0 aliphatic rings. The van der Waals surface area contributed by atoms with Crippen LogP contribution in [-0.2, 0) is 0 Å². The average Bonchev–Trinajstić information content (AvgIpc) is 2.78. The molecule has 0 aliphatic heterocycles. The molecule has 21 heavy (non-hydrogen) atoms. The molecule has 1 aromatic carbocycles. The van der Waals surface area contributed by atoms with E-state index >= 15 is 0 Å². The first-order valence-electron chi connectivity index (χ1n) is 6.44. The third-order valence-electron chi connectivity index (χ3n) is 3.07. The van der Waals surface area contributed by atoms with Crippen LogP contribution in [0.15, 0.2) is 55.1 Å². The maximum absolute atomic E-state index is 14.3. The van der Waals surface area contributed by atoms with Gasteiger partial charge in [-0.25, -0.2) is 4.39 Å². The predicted octanol–water partition coefficient (Wildman–Crippen LogP) is 3.29. The van der Waals surface area contributed by atoms with Crippen molar-refractivity contribution in [2.24, 2.45) is 0 Å². The largest absolute Gasteiger partial charge is 0.206 e. The minimum absolute atomic E-state index is 0.283. The summed E-state index contributed by atoms with van der Waals surface area (Å²) in [4.78, 5) is 0.738. The van der Waals surface area contributed by atoms with Gasteiger partial charge >= 0.3 is 0 Å². The van der Waals surface area contributed by atoms with Crippen LogP contribution in [-0.4, -0.2) is 15.7 Å². The van der Waals surface area contributed by atoms with Gasteiger partial charge in [-0.1, -0.05) is 59.3 Å². The van der Waals surface area contributed by atoms with Crippen molar-refractivity contribution in [1.82, 2.24) is 0 Å². The Hall–Kier alpha value is -1.80. The van der Waals surface area contributed by atoms with Gasteiger partial charge in [-0.05, 0) is 24.1 Å². The van der Waals surface area contributed by atoms with E-state index in [9.17, 15) is 4.39 Å². The van der Waals surface area contributed by atoms with Crippen LogP contribution in [0.1, 0.15) is 12.5 Å². The van der Waals surface area contributed by atoms with E-state index in [-0.39, 0.29) is 5.82 Å². The SMILES string of the molecule is [B]c1cc(-c2ccc(/C(C)=C/C=C\C=C)cc2F)sc1[B]. The van der Waals surface area contributed by atoms with Gasteiger partial charge in [0.15, 0.2) is 0 Å². The molecule has 1 aromatic heterocycles. The van der Waals surface area contributed by atoms with E-state index in [0.717, 1.165) is 16.0 Å². The van der Waals surface area contributed by atoms with E-state index in [0.29, 0.717) is 15.8 Å². The number of thiophene rings is 1. The summed E-state index contributed by atoms with van der Waals surface area (Å²) >= 11 is 1.29. The van der Waals surface area contributed by atoms with Crippen molar-refractivity contribution in [3.63, 3.8) is 0 Å². The summed E-state index contributed by atoms with van der Waals surface area (Å²) in [7, 11) is 11.4. The summed E-state index contributed by atoms with van der Waals surface area (Å²) in [5.74, 6) is -0.283. The summed E-state index contributed by atoms with van der Waals surface area (Å²) in [6, 6.07) is 6.87. The molecule has 0 spiro atoms. The standard InChI is InChI=1S/C17H13B2FS/c1-3-4-5-6-11(2)12-7-8-13(15(20)9-12)16-10-14(18)17(19)21-16/h3-10H,1H2,2H3/b5-4-,11-6+. The molecule has 0 atom stereocenters. The van der Waals surface area contributed by atoms with Gasteiger partial charge in [0.25, 0.3) is 0 Å². The van der Waals surface area contributed by atoms with Gasteiger partial charge in [-0.3, -0.25) is 0 Å². The Labute approximate surface area is 131 Å². The fraction of sp³-hybridized carbons (Fsp3) is 0.0588. The molecule has 4 heteroatoms. The van der Waals surface area contributed by atoms with Crippen molar-refractivity contribution >= 4 is 42.8 Å². The molecule has 0 bridgehead atoms. The molecule has 0 N–H and O–H groups in total. The van der Waals surface area contributed by atoms with E-state index in [1.807, 2.05) is 31.2 Å². The van der Waals surface area contributed by atoms with Crippen molar-refractivity contribution in [2.75, 3.05) is 0 Å². The highest BCUT2D eigenvalue weighted by molar-refractivity contribution is 7.24. The van der Waals surface area contributed by atoms with Gasteiger partial charge in [0.05, 0.1) is 0 Å². The van der Waals surface area contributed by atoms with Crippen molar-refractivity contribution in [3.05, 3.63) is 66.5 Å². The maximum Gasteiger partial charge on any atom is 0.132 e. The molecule has 0 saturated carbocycles. The summed E-state index contributed by atoms with van der Waals surface area (Å²) in [5.41, 5.74) is 2.82. The highest BCUT2D eigenvalue weighted by Gasteiger charge is 2.10. The normalized spacial score (nSPS) is 12.0. The lowest BCUT2D eigenvalue weighted by atomic mass is 9.88. The number of allylic oxidation sites excluding steroid dienone is 5. The Kier molecular flexibility index (Phi) is 5.03. The van der Waals surface area contributed by atoms with Gasteiger partial charge in [0.1, 0.15) is 21.5 Å². The average molecular weight is 290 g/mol. The monoisotopic (exact) mass is 290 g/mol. The van der Waals surface area contributed by atoms with Crippen molar-refractivity contribution < 1.29 is 4.39 Å². The van der Waals surface area contributed by atoms with Gasteiger partial charge in [-0.2, -0.15) is 11.3 Å². The highest BCUT2D eigenvalue weighted by atomic mass is 32.1. The summed E-state index contributed by atoms with van der Waals surface area (Å²) in [6.07, 6.45) is 7.30. The van der Waals surface area contributed by atoms with E-state index < -0.39 is 0 Å². The first kappa shape index (κ1) is 15.6. The van der Waals surface area contributed by atoms with Crippen LogP contribution < -0.4 is 10.2 Å². The highest BCUT2D eigenvalue weighted by Crippen LogP contribution is 2.27. The third kappa shape index (κ3) is 3.64. The first-order valence-corrected chi connectivity index (χ1v) is 7.25. The topological polar surface area (TPSA) is 0 Å². The lowest BCUT2D eigenvalue weighted by molar-refractivity contribution is 0.631.